The number of nitrogens with zero attached hydrogens (tertiary/aromatic N) is 4. The normalized spacial score (nSPS) is 17.3. The third-order valence-electron chi connectivity index (χ3n) is 5.30. The second kappa shape index (κ2) is 8.39. The Morgan fingerprint density at radius 1 is 1.03 bits per heavy atom. The Balaban J connectivity index is 1.59. The van der Waals surface area contributed by atoms with Crippen molar-refractivity contribution in [1.82, 2.24) is 19.7 Å². The fourth-order valence-corrected chi connectivity index (χ4v) is 4.07. The van der Waals surface area contributed by atoms with E-state index in [9.17, 15) is 4.79 Å². The van der Waals surface area contributed by atoms with Crippen LogP contribution in [0.2, 0.25) is 0 Å². The largest absolute Gasteiger partial charge is 0.328 e. The van der Waals surface area contributed by atoms with E-state index in [1.54, 1.807) is 23.0 Å². The first-order valence-electron chi connectivity index (χ1n) is 10.1. The van der Waals surface area contributed by atoms with E-state index in [4.69, 9.17) is 5.10 Å². The zero-order chi connectivity index (χ0) is 22.1. The Kier molecular flexibility index (Phi) is 5.28. The molecule has 0 aliphatic carbocycles. The number of fused-ring (bicyclic) bond motifs is 1. The first-order valence-corrected chi connectivity index (χ1v) is 10.8. The maximum Gasteiger partial charge on any atom is 0.237 e. The lowest BCUT2D eigenvalue weighted by Crippen LogP contribution is -2.39. The molecule has 7 nitrogen and oxygen atoms in total. The summed E-state index contributed by atoms with van der Waals surface area (Å²) < 4.78 is 2.72. The number of aromatic nitrogens is 4. The van der Waals surface area contributed by atoms with E-state index in [1.807, 2.05) is 60.7 Å². The van der Waals surface area contributed by atoms with Crippen molar-refractivity contribution >= 4 is 33.6 Å². The highest BCUT2D eigenvalue weighted by Gasteiger charge is 2.40. The van der Waals surface area contributed by atoms with Crippen molar-refractivity contribution in [3.8, 4) is 11.4 Å². The molecule has 2 unspecified atom stereocenters. The summed E-state index contributed by atoms with van der Waals surface area (Å²) in [6, 6.07) is 22.5. The van der Waals surface area contributed by atoms with E-state index in [0.717, 1.165) is 15.6 Å². The predicted molar refractivity (Wildman–Crippen MR) is 127 cm³/mol. The predicted octanol–water partition coefficient (Wildman–Crippen LogP) is 4.89. The number of carbonyl (C=O) groups is 1. The molecule has 0 bridgehead atoms. The number of hydrogen-bond donors (Lipinski definition) is 2. The highest BCUT2D eigenvalue weighted by atomic mass is 79.9. The van der Waals surface area contributed by atoms with Gasteiger partial charge in [0.2, 0.25) is 11.9 Å². The molecule has 0 radical (unpaired) electrons. The molecule has 2 aromatic heterocycles. The third kappa shape index (κ3) is 3.80. The van der Waals surface area contributed by atoms with Crippen molar-refractivity contribution in [1.29, 1.82) is 0 Å². The van der Waals surface area contributed by atoms with Crippen LogP contribution in [0.15, 0.2) is 95.7 Å². The van der Waals surface area contributed by atoms with E-state index in [-0.39, 0.29) is 5.91 Å². The van der Waals surface area contributed by atoms with Crippen molar-refractivity contribution in [2.45, 2.75) is 6.04 Å². The lowest BCUT2D eigenvalue weighted by molar-refractivity contribution is -0.119. The van der Waals surface area contributed by atoms with Gasteiger partial charge in [0, 0.05) is 21.9 Å². The molecular formula is C24H19BrN6O. The minimum absolute atomic E-state index is 0.225. The third-order valence-corrected chi connectivity index (χ3v) is 5.83. The minimum atomic E-state index is -0.629. The maximum atomic E-state index is 13.4. The molecule has 158 valence electrons. The van der Waals surface area contributed by atoms with Crippen molar-refractivity contribution in [3.05, 3.63) is 101 Å². The summed E-state index contributed by atoms with van der Waals surface area (Å²) in [7, 11) is 0. The topological polar surface area (TPSA) is 84.7 Å². The Labute approximate surface area is 193 Å². The monoisotopic (exact) mass is 486 g/mol. The molecule has 2 N–H and O–H groups in total. The average molecular weight is 487 g/mol. The standard InChI is InChI=1S/C24H19BrN6O/c1-15-20(23(32)28-19-9-5-6-14-26-19)21(16-10-12-18(25)13-11-16)31-24(27-15)29-22(30-31)17-7-3-2-4-8-17/h2-14,20-21H,1H2,(H,26,28,32)(H,27,29,30). The van der Waals surface area contributed by atoms with Gasteiger partial charge in [-0.1, -0.05) is 71.0 Å². The van der Waals surface area contributed by atoms with Crippen LogP contribution in [0.1, 0.15) is 11.6 Å². The Morgan fingerprint density at radius 3 is 2.50 bits per heavy atom. The summed E-state index contributed by atoms with van der Waals surface area (Å²) in [6.07, 6.45) is 1.64. The van der Waals surface area contributed by atoms with Gasteiger partial charge in [-0.05, 0) is 29.8 Å². The zero-order valence-corrected chi connectivity index (χ0v) is 18.5. The summed E-state index contributed by atoms with van der Waals surface area (Å²) in [4.78, 5) is 22.3. The summed E-state index contributed by atoms with van der Waals surface area (Å²) >= 11 is 3.48. The van der Waals surface area contributed by atoms with Gasteiger partial charge in [0.15, 0.2) is 5.82 Å². The van der Waals surface area contributed by atoms with E-state index in [1.165, 1.54) is 0 Å². The van der Waals surface area contributed by atoms with Crippen molar-refractivity contribution in [2.75, 3.05) is 10.6 Å². The van der Waals surface area contributed by atoms with Crippen molar-refractivity contribution in [3.63, 3.8) is 0 Å². The Morgan fingerprint density at radius 2 is 1.78 bits per heavy atom. The van der Waals surface area contributed by atoms with Crippen molar-refractivity contribution in [2.24, 2.45) is 5.92 Å². The van der Waals surface area contributed by atoms with Crippen LogP contribution in [0.3, 0.4) is 0 Å². The molecule has 4 aromatic rings. The molecule has 1 amide bonds. The molecule has 0 saturated heterocycles. The molecule has 0 spiro atoms. The summed E-state index contributed by atoms with van der Waals surface area (Å²) in [5.74, 6) is 0.749. The van der Waals surface area contributed by atoms with E-state index in [0.29, 0.717) is 23.3 Å². The number of carbonyl (C=O) groups excluding carboxylic acids is 1. The highest BCUT2D eigenvalue weighted by Crippen LogP contribution is 2.39. The van der Waals surface area contributed by atoms with Crippen LogP contribution in [0.4, 0.5) is 11.8 Å². The van der Waals surface area contributed by atoms with Gasteiger partial charge >= 0.3 is 0 Å². The fourth-order valence-electron chi connectivity index (χ4n) is 3.80. The summed E-state index contributed by atoms with van der Waals surface area (Å²) in [5.41, 5.74) is 2.36. The van der Waals surface area contributed by atoms with Gasteiger partial charge in [-0.2, -0.15) is 4.98 Å². The maximum absolute atomic E-state index is 13.4. The SMILES string of the molecule is C=C1Nc2nc(-c3ccccc3)nn2C(c2ccc(Br)cc2)C1C(=O)Nc1ccccn1. The molecule has 0 fully saturated rings. The van der Waals surface area contributed by atoms with E-state index >= 15 is 0 Å². The molecular weight excluding hydrogens is 468 g/mol. The number of rotatable bonds is 4. The quantitative estimate of drug-likeness (QED) is 0.429. The first-order chi connectivity index (χ1) is 15.6. The Bertz CT molecular complexity index is 1270. The number of pyridine rings is 1. The number of halogens is 1. The molecule has 1 aliphatic rings. The van der Waals surface area contributed by atoms with E-state index < -0.39 is 12.0 Å². The number of nitrogens with one attached hydrogen (secondary N) is 2. The zero-order valence-electron chi connectivity index (χ0n) is 16.9. The van der Waals surface area contributed by atoms with Gasteiger partial charge in [0.25, 0.3) is 0 Å². The van der Waals surface area contributed by atoms with Gasteiger partial charge in [-0.3, -0.25) is 4.79 Å². The number of benzene rings is 2. The first kappa shape index (κ1) is 20.1. The second-order valence-corrected chi connectivity index (χ2v) is 8.31. The number of anilines is 2. The molecule has 3 heterocycles. The van der Waals surface area contributed by atoms with Gasteiger partial charge in [-0.25, -0.2) is 9.67 Å². The smallest absolute Gasteiger partial charge is 0.237 e. The van der Waals surface area contributed by atoms with Crippen LogP contribution >= 0.6 is 15.9 Å². The van der Waals surface area contributed by atoms with Crippen LogP contribution in [0.5, 0.6) is 0 Å². The second-order valence-electron chi connectivity index (χ2n) is 7.40. The van der Waals surface area contributed by atoms with Gasteiger partial charge < -0.3 is 10.6 Å². The van der Waals surface area contributed by atoms with Crippen LogP contribution in [-0.2, 0) is 4.79 Å². The van der Waals surface area contributed by atoms with Gasteiger partial charge in [0.1, 0.15) is 11.7 Å². The molecule has 5 rings (SSSR count). The Hall–Kier alpha value is -3.78. The van der Waals surface area contributed by atoms with Crippen LogP contribution in [0, 0.1) is 5.92 Å². The fraction of sp³-hybridized carbons (Fsp3) is 0.0833. The molecule has 0 saturated carbocycles. The van der Waals surface area contributed by atoms with Crippen LogP contribution in [-0.4, -0.2) is 25.7 Å². The summed E-state index contributed by atoms with van der Waals surface area (Å²) in [6.45, 7) is 4.15. The molecule has 8 heteroatoms. The van der Waals surface area contributed by atoms with Crippen LogP contribution < -0.4 is 10.6 Å². The van der Waals surface area contributed by atoms with Crippen LogP contribution in [0.25, 0.3) is 11.4 Å². The lowest BCUT2D eigenvalue weighted by atomic mass is 9.88. The van der Waals surface area contributed by atoms with Gasteiger partial charge in [0.05, 0.1) is 6.04 Å². The molecule has 1 aliphatic heterocycles. The number of amides is 1. The average Bonchev–Trinajstić information content (AvgIpc) is 3.23. The van der Waals surface area contributed by atoms with Crippen molar-refractivity contribution < 1.29 is 4.79 Å². The molecule has 2 aromatic carbocycles. The highest BCUT2D eigenvalue weighted by molar-refractivity contribution is 9.10. The number of hydrogen-bond acceptors (Lipinski definition) is 5. The van der Waals surface area contributed by atoms with Gasteiger partial charge in [-0.15, -0.1) is 5.10 Å². The minimum Gasteiger partial charge on any atom is -0.328 e. The van der Waals surface area contributed by atoms with E-state index in [2.05, 4.69) is 43.1 Å². The molecule has 2 atom stereocenters. The lowest BCUT2D eigenvalue weighted by Gasteiger charge is -2.33. The molecule has 32 heavy (non-hydrogen) atoms. The summed E-state index contributed by atoms with van der Waals surface area (Å²) in [5, 5.41) is 10.9.